The molecule has 0 radical (unpaired) electrons. The fraction of sp³-hybridized carbons (Fsp3) is 0.231. The zero-order chi connectivity index (χ0) is 17.4. The Labute approximate surface area is 141 Å². The number of benzene rings is 1. The van der Waals surface area contributed by atoms with Crippen molar-refractivity contribution < 1.29 is 29.6 Å². The lowest BCUT2D eigenvalue weighted by molar-refractivity contribution is -0.182. The van der Waals surface area contributed by atoms with Crippen LogP contribution in [0.25, 0.3) is 0 Å². The number of carboxylic acids is 1. The second kappa shape index (κ2) is 9.08. The molecule has 0 saturated heterocycles. The average Bonchev–Trinajstić information content (AvgIpc) is 2.50. The molecule has 0 aliphatic carbocycles. The lowest BCUT2D eigenvalue weighted by Gasteiger charge is -2.13. The summed E-state index contributed by atoms with van der Waals surface area (Å²) < 4.78 is 0.305. The molecule has 1 aromatic rings. The van der Waals surface area contributed by atoms with Gasteiger partial charge in [0.15, 0.2) is 0 Å². The van der Waals surface area contributed by atoms with Crippen LogP contribution in [-0.2, 0) is 14.5 Å². The van der Waals surface area contributed by atoms with Crippen LogP contribution in [0.2, 0.25) is 0 Å². The van der Waals surface area contributed by atoms with Crippen LogP contribution in [0, 0.1) is 0 Å². The average molecular weight is 358 g/mol. The van der Waals surface area contributed by atoms with Gasteiger partial charge in [0.25, 0.3) is 0 Å². The van der Waals surface area contributed by atoms with Crippen LogP contribution >= 0.6 is 24.0 Å². The first-order valence-corrected chi connectivity index (χ1v) is 7.62. The van der Waals surface area contributed by atoms with E-state index in [1.54, 1.807) is 12.1 Å². The van der Waals surface area contributed by atoms with Crippen LogP contribution in [0.3, 0.4) is 0 Å². The van der Waals surface area contributed by atoms with E-state index >= 15 is 0 Å². The van der Waals surface area contributed by atoms with E-state index in [0.29, 0.717) is 10.0 Å². The van der Waals surface area contributed by atoms with Crippen molar-refractivity contribution in [3.63, 3.8) is 0 Å². The quantitative estimate of drug-likeness (QED) is 0.338. The number of rotatable bonds is 6. The molecule has 1 rings (SSSR count). The van der Waals surface area contributed by atoms with Crippen LogP contribution in [0.5, 0.6) is 0 Å². The smallest absolute Gasteiger partial charge is 0.372 e. The zero-order valence-corrected chi connectivity index (χ0v) is 13.6. The van der Waals surface area contributed by atoms with Crippen LogP contribution in [0.1, 0.15) is 17.3 Å². The van der Waals surface area contributed by atoms with Crippen molar-refractivity contribution in [2.24, 2.45) is 0 Å². The summed E-state index contributed by atoms with van der Waals surface area (Å²) >= 11 is 6.13. The number of hydrogen-bond donors (Lipinski definition) is 4. The Hall–Kier alpha value is -2.17. The highest BCUT2D eigenvalue weighted by Crippen LogP contribution is 2.14. The van der Waals surface area contributed by atoms with Crippen molar-refractivity contribution >= 4 is 51.8 Å². The number of carboxylic acid groups (broad SMARTS) is 1. The van der Waals surface area contributed by atoms with Gasteiger partial charge in [-0.1, -0.05) is 24.0 Å². The number of amides is 1. The minimum atomic E-state index is -1.15. The van der Waals surface area contributed by atoms with E-state index < -0.39 is 23.9 Å². The first-order valence-electron chi connectivity index (χ1n) is 6.23. The van der Waals surface area contributed by atoms with Crippen LogP contribution in [0.15, 0.2) is 24.3 Å². The highest BCUT2D eigenvalue weighted by molar-refractivity contribution is 8.23. The minimum absolute atomic E-state index is 0.0651. The van der Waals surface area contributed by atoms with E-state index in [9.17, 15) is 14.4 Å². The Bertz CT molecular complexity index is 605. The molecule has 1 unspecified atom stereocenters. The van der Waals surface area contributed by atoms with E-state index in [1.807, 2.05) is 0 Å². The van der Waals surface area contributed by atoms with Gasteiger partial charge in [0.05, 0.1) is 5.56 Å². The zero-order valence-electron chi connectivity index (χ0n) is 11.9. The fourth-order valence-electron chi connectivity index (χ4n) is 1.48. The maximum absolute atomic E-state index is 11.1. The highest BCUT2D eigenvalue weighted by atomic mass is 32.2. The summed E-state index contributed by atoms with van der Waals surface area (Å²) in [6.07, 6.45) is 0. The van der Waals surface area contributed by atoms with Crippen LogP contribution in [-0.4, -0.2) is 44.3 Å². The van der Waals surface area contributed by atoms with Crippen molar-refractivity contribution in [1.29, 1.82) is 0 Å². The molecular weight excluding hydrogens is 344 g/mol. The predicted octanol–water partition coefficient (Wildman–Crippen LogP) is 1.34. The highest BCUT2D eigenvalue weighted by Gasteiger charge is 2.19. The summed E-state index contributed by atoms with van der Waals surface area (Å²) in [6, 6.07) is 4.89. The first-order chi connectivity index (χ1) is 10.8. The summed E-state index contributed by atoms with van der Waals surface area (Å²) in [5, 5.41) is 22.4. The number of thiocarbonyl (C=S) groups is 1. The maximum atomic E-state index is 11.1. The van der Waals surface area contributed by atoms with Gasteiger partial charge in [-0.3, -0.25) is 9.68 Å². The normalized spacial score (nSPS) is 11.2. The molecule has 0 heterocycles. The third kappa shape index (κ3) is 6.63. The largest absolute Gasteiger partial charge is 0.480 e. The SMILES string of the molecule is CC(=O)NC(CSC(=S)Nc1ccc(C(=O)OO)cc1)C(=O)O. The van der Waals surface area contributed by atoms with Gasteiger partial charge >= 0.3 is 11.9 Å². The van der Waals surface area contributed by atoms with Gasteiger partial charge in [-0.25, -0.2) is 9.59 Å². The molecule has 4 N–H and O–H groups in total. The Morgan fingerprint density at radius 1 is 1.30 bits per heavy atom. The van der Waals surface area contributed by atoms with Crippen molar-refractivity contribution in [1.82, 2.24) is 5.32 Å². The molecule has 1 aromatic carbocycles. The Morgan fingerprint density at radius 2 is 1.91 bits per heavy atom. The van der Waals surface area contributed by atoms with Crippen molar-refractivity contribution in [3.05, 3.63) is 29.8 Å². The molecule has 0 aliphatic rings. The molecule has 124 valence electrons. The van der Waals surface area contributed by atoms with E-state index in [1.165, 1.54) is 19.1 Å². The summed E-state index contributed by atoms with van der Waals surface area (Å²) in [5.74, 6) is -2.41. The van der Waals surface area contributed by atoms with Crippen molar-refractivity contribution in [2.45, 2.75) is 13.0 Å². The fourth-order valence-corrected chi connectivity index (χ4v) is 2.53. The number of nitrogens with one attached hydrogen (secondary N) is 2. The maximum Gasteiger partial charge on any atom is 0.372 e. The molecule has 0 aromatic heterocycles. The van der Waals surface area contributed by atoms with E-state index in [-0.39, 0.29) is 11.3 Å². The Morgan fingerprint density at radius 3 is 2.39 bits per heavy atom. The lowest BCUT2D eigenvalue weighted by Crippen LogP contribution is -2.41. The summed E-state index contributed by atoms with van der Waals surface area (Å²) in [7, 11) is 0. The number of hydrogen-bond acceptors (Lipinski definition) is 7. The molecule has 10 heteroatoms. The second-order valence-corrected chi connectivity index (χ2v) is 5.97. The Kier molecular flexibility index (Phi) is 7.45. The number of thioether (sulfide) groups is 1. The number of aliphatic carboxylic acids is 1. The third-order valence-corrected chi connectivity index (χ3v) is 3.83. The second-order valence-electron chi connectivity index (χ2n) is 4.27. The standard InChI is InChI=1S/C13H14N2O6S2/c1-7(16)14-10(11(17)18)6-23-13(22)15-9-4-2-8(3-5-9)12(19)21-20/h2-5,10,20H,6H2,1H3,(H,14,16)(H,15,22)(H,17,18). The molecule has 1 amide bonds. The molecule has 8 nitrogen and oxygen atoms in total. The summed E-state index contributed by atoms with van der Waals surface area (Å²) in [6.45, 7) is 1.23. The van der Waals surface area contributed by atoms with Gasteiger partial charge in [-0.05, 0) is 24.3 Å². The molecule has 0 spiro atoms. The lowest BCUT2D eigenvalue weighted by atomic mass is 10.2. The van der Waals surface area contributed by atoms with Gasteiger partial charge in [0, 0.05) is 18.4 Å². The number of carbonyl (C=O) groups excluding carboxylic acids is 2. The minimum Gasteiger partial charge on any atom is -0.480 e. The molecular formula is C13H14N2O6S2. The number of carbonyl (C=O) groups is 3. The third-order valence-electron chi connectivity index (χ3n) is 2.51. The number of anilines is 1. The van der Waals surface area contributed by atoms with E-state index in [0.717, 1.165) is 11.8 Å². The molecule has 23 heavy (non-hydrogen) atoms. The predicted molar refractivity (Wildman–Crippen MR) is 88.4 cm³/mol. The summed E-state index contributed by atoms with van der Waals surface area (Å²) in [5.41, 5.74) is 0.733. The van der Waals surface area contributed by atoms with Gasteiger partial charge in [-0.15, -0.1) is 0 Å². The monoisotopic (exact) mass is 358 g/mol. The van der Waals surface area contributed by atoms with Crippen LogP contribution < -0.4 is 10.6 Å². The van der Waals surface area contributed by atoms with E-state index in [2.05, 4.69) is 15.5 Å². The van der Waals surface area contributed by atoms with Gasteiger partial charge < -0.3 is 15.7 Å². The van der Waals surface area contributed by atoms with Crippen molar-refractivity contribution in [3.8, 4) is 0 Å². The molecule has 0 aliphatic heterocycles. The van der Waals surface area contributed by atoms with Gasteiger partial charge in [-0.2, -0.15) is 5.26 Å². The topological polar surface area (TPSA) is 125 Å². The molecule has 0 fully saturated rings. The molecule has 0 saturated carbocycles. The first kappa shape index (κ1) is 18.9. The van der Waals surface area contributed by atoms with Crippen molar-refractivity contribution in [2.75, 3.05) is 11.1 Å². The molecule has 0 bridgehead atoms. The molecule has 1 atom stereocenters. The van der Waals surface area contributed by atoms with Crippen LogP contribution in [0.4, 0.5) is 5.69 Å². The Balaban J connectivity index is 2.54. The van der Waals surface area contributed by atoms with E-state index in [4.69, 9.17) is 22.6 Å². The van der Waals surface area contributed by atoms with Gasteiger partial charge in [0.1, 0.15) is 10.4 Å². The van der Waals surface area contributed by atoms with Gasteiger partial charge in [0.2, 0.25) is 5.91 Å². The summed E-state index contributed by atoms with van der Waals surface area (Å²) in [4.78, 5) is 36.6.